The molecule has 1 rings (SSSR count). The molecule has 0 saturated carbocycles. The number of hydrogen-bond donors (Lipinski definition) is 1. The van der Waals surface area contributed by atoms with Crippen molar-refractivity contribution < 1.29 is 1.37 Å². The lowest BCUT2D eigenvalue weighted by Crippen LogP contribution is -1.79. The summed E-state index contributed by atoms with van der Waals surface area (Å²) in [4.78, 5) is 3.57. The number of nitrogens with two attached hydrogens (primary N) is 1. The fraction of sp³-hybridized carbons (Fsp3) is 0. The van der Waals surface area contributed by atoms with Gasteiger partial charge in [-0.05, 0) is 0 Å². The van der Waals surface area contributed by atoms with Gasteiger partial charge in [0.05, 0.1) is 6.86 Å². The molecule has 0 bridgehead atoms. The molecule has 2 nitrogen and oxygen atoms in total. The van der Waals surface area contributed by atoms with E-state index >= 15 is 0 Å². The van der Waals surface area contributed by atoms with E-state index in [1.54, 1.807) is 5.38 Å². The third-order valence-corrected chi connectivity index (χ3v) is 0.963. The van der Waals surface area contributed by atoms with Gasteiger partial charge in [0.1, 0.15) is 5.82 Å². The number of anilines is 1. The minimum atomic E-state index is 0.275. The van der Waals surface area contributed by atoms with Gasteiger partial charge in [-0.3, -0.25) is 0 Å². The number of rotatable bonds is 0. The topological polar surface area (TPSA) is 38.9 Å². The second-order valence-electron chi connectivity index (χ2n) is 0.864. The summed E-state index contributed by atoms with van der Waals surface area (Å²) in [7, 11) is 0. The number of hydrogen-bond acceptors (Lipinski definition) is 3. The van der Waals surface area contributed by atoms with E-state index in [4.69, 9.17) is 7.10 Å². The number of thiazole rings is 1. The molecule has 2 N–H and O–H groups in total. The van der Waals surface area contributed by atoms with Crippen molar-refractivity contribution in [3.63, 3.8) is 0 Å². The first-order valence-corrected chi connectivity index (χ1v) is 2.34. The average molecular weight is 101 g/mol. The largest absolute Gasteiger partial charge is 0.383 e. The van der Waals surface area contributed by atoms with Gasteiger partial charge in [-0.1, -0.05) is 0 Å². The zero-order chi connectivity index (χ0) is 5.28. The van der Waals surface area contributed by atoms with Gasteiger partial charge in [0.25, 0.3) is 0 Å². The predicted octanol–water partition coefficient (Wildman–Crippen LogP) is 0.725. The third kappa shape index (κ3) is 0.490. The molecule has 0 radical (unpaired) electrons. The van der Waals surface area contributed by atoms with Gasteiger partial charge in [0, 0.05) is 5.38 Å². The molecule has 0 aliphatic carbocycles. The summed E-state index contributed by atoms with van der Waals surface area (Å²) in [6.07, 6.45) is 0. The van der Waals surface area contributed by atoms with Crippen LogP contribution in [0.1, 0.15) is 1.37 Å². The van der Waals surface area contributed by atoms with Crippen LogP contribution in [-0.4, -0.2) is 4.98 Å². The normalized spacial score (nSPS) is 11.0. The molecule has 0 aliphatic rings. The first kappa shape index (κ1) is 2.58. The summed E-state index contributed by atoms with van der Waals surface area (Å²) < 4.78 is 6.84. The van der Waals surface area contributed by atoms with E-state index in [0.717, 1.165) is 0 Å². The summed E-state index contributed by atoms with van der Waals surface area (Å²) in [5, 5.41) is 1.64. The summed E-state index contributed by atoms with van der Waals surface area (Å²) >= 11 is 1.23. The van der Waals surface area contributed by atoms with Crippen LogP contribution in [0, 0.1) is 0 Å². The Morgan fingerprint density at radius 3 is 3.17 bits per heavy atom. The molecule has 3 heteroatoms. The van der Waals surface area contributed by atoms with Crippen LogP contribution in [0.5, 0.6) is 0 Å². The van der Waals surface area contributed by atoms with Crippen LogP contribution in [0.2, 0.25) is 0 Å². The van der Waals surface area contributed by atoms with Crippen molar-refractivity contribution in [2.75, 3.05) is 5.73 Å². The van der Waals surface area contributed by atoms with E-state index in [1.807, 2.05) is 0 Å². The number of aromatic nitrogens is 1. The highest BCUT2D eigenvalue weighted by atomic mass is 32.1. The van der Waals surface area contributed by atoms with Gasteiger partial charge < -0.3 is 5.73 Å². The molecular weight excluding hydrogens is 96.1 g/mol. The molecule has 0 aliphatic heterocycles. The van der Waals surface area contributed by atoms with E-state index in [2.05, 4.69) is 4.98 Å². The van der Waals surface area contributed by atoms with Crippen molar-refractivity contribution in [1.82, 2.24) is 4.98 Å². The Balaban J connectivity index is 3.04. The lowest BCUT2D eigenvalue weighted by Gasteiger charge is -1.67. The Morgan fingerprint density at radius 2 is 3.00 bits per heavy atom. The van der Waals surface area contributed by atoms with Gasteiger partial charge in [-0.15, -0.1) is 11.3 Å². The maximum atomic E-state index is 6.84. The maximum absolute atomic E-state index is 6.84. The molecule has 1 aromatic heterocycles. The van der Waals surface area contributed by atoms with Crippen LogP contribution >= 0.6 is 11.3 Å². The fourth-order valence-electron chi connectivity index (χ4n) is 0.192. The highest BCUT2D eigenvalue weighted by Gasteiger charge is 1.76. The van der Waals surface area contributed by atoms with Gasteiger partial charge in [-0.25, -0.2) is 4.98 Å². The smallest absolute Gasteiger partial charge is 0.134 e. The summed E-state index contributed by atoms with van der Waals surface area (Å²) in [5.74, 6) is 0.440. The van der Waals surface area contributed by atoms with E-state index in [-0.39, 0.29) is 5.49 Å². The summed E-state index contributed by atoms with van der Waals surface area (Å²) in [6, 6.07) is 0. The zero-order valence-corrected chi connectivity index (χ0v) is 3.83. The van der Waals surface area contributed by atoms with Gasteiger partial charge in [0.15, 0.2) is 0 Å². The zero-order valence-electron chi connectivity index (χ0n) is 4.01. The lowest BCUT2D eigenvalue weighted by molar-refractivity contribution is 1.43. The maximum Gasteiger partial charge on any atom is 0.134 e. The minimum absolute atomic E-state index is 0.275. The third-order valence-electron chi connectivity index (χ3n) is 0.407. The van der Waals surface area contributed by atoms with E-state index in [0.29, 0.717) is 5.82 Å². The van der Waals surface area contributed by atoms with Crippen LogP contribution in [0.25, 0.3) is 0 Å². The molecule has 0 atom stereocenters. The van der Waals surface area contributed by atoms with Crippen molar-refractivity contribution in [3.8, 4) is 0 Å². The van der Waals surface area contributed by atoms with E-state index in [1.165, 1.54) is 11.3 Å². The molecule has 1 aromatic rings. The second-order valence-corrected chi connectivity index (χ2v) is 1.52. The minimum Gasteiger partial charge on any atom is -0.383 e. The monoisotopic (exact) mass is 101 g/mol. The molecule has 0 fully saturated rings. The Kier molecular flexibility index (Phi) is 0.542. The van der Waals surface area contributed by atoms with Gasteiger partial charge in [-0.2, -0.15) is 0 Å². The lowest BCUT2D eigenvalue weighted by atomic mass is 10.9. The molecule has 32 valence electrons. The SMILES string of the molecule is [2H]c1nc(N)cs1. The van der Waals surface area contributed by atoms with Gasteiger partial charge in [0.2, 0.25) is 0 Å². The number of nitrogen functional groups attached to an aromatic ring is 1. The van der Waals surface area contributed by atoms with Crippen molar-refractivity contribution in [2.45, 2.75) is 0 Å². The summed E-state index contributed by atoms with van der Waals surface area (Å²) in [6.45, 7) is 0. The van der Waals surface area contributed by atoms with Crippen LogP contribution in [0.4, 0.5) is 5.82 Å². The van der Waals surface area contributed by atoms with Crippen molar-refractivity contribution >= 4 is 17.2 Å². The average Bonchev–Trinajstić information content (AvgIpc) is 1.87. The molecule has 0 saturated heterocycles. The predicted molar refractivity (Wildman–Crippen MR) is 26.5 cm³/mol. The molecule has 0 spiro atoms. The Morgan fingerprint density at radius 1 is 2.17 bits per heavy atom. The van der Waals surface area contributed by atoms with Crippen LogP contribution in [-0.2, 0) is 0 Å². The van der Waals surface area contributed by atoms with E-state index in [9.17, 15) is 0 Å². The van der Waals surface area contributed by atoms with Crippen LogP contribution in [0.15, 0.2) is 10.9 Å². The second kappa shape index (κ2) is 1.26. The Labute approximate surface area is 41.0 Å². The first-order valence-electron chi connectivity index (χ1n) is 1.96. The first-order chi connectivity index (χ1) is 3.29. The van der Waals surface area contributed by atoms with Crippen LogP contribution < -0.4 is 5.73 Å². The Bertz CT molecular complexity index is 145. The van der Waals surface area contributed by atoms with Crippen molar-refractivity contribution in [2.24, 2.45) is 0 Å². The Hall–Kier alpha value is -0.570. The summed E-state index contributed by atoms with van der Waals surface area (Å²) in [5.41, 5.74) is 5.43. The molecule has 6 heavy (non-hydrogen) atoms. The fourth-order valence-corrected chi connectivity index (χ4v) is 0.576. The standard InChI is InChI=1S/C3H4N2S/c4-3-1-6-2-5-3/h1-2H,4H2/i2D. The van der Waals surface area contributed by atoms with Crippen molar-refractivity contribution in [1.29, 1.82) is 0 Å². The van der Waals surface area contributed by atoms with Crippen LogP contribution in [0.3, 0.4) is 0 Å². The molecule has 0 unspecified atom stereocenters. The molecular formula is C3H4N2S. The quantitative estimate of drug-likeness (QED) is 0.523. The highest BCUT2D eigenvalue weighted by Crippen LogP contribution is 1.99. The molecule has 0 amide bonds. The molecule has 1 heterocycles. The highest BCUT2D eigenvalue weighted by molar-refractivity contribution is 7.07. The van der Waals surface area contributed by atoms with Gasteiger partial charge >= 0.3 is 0 Å². The number of nitrogens with zero attached hydrogens (tertiary/aromatic N) is 1. The van der Waals surface area contributed by atoms with E-state index < -0.39 is 0 Å². The van der Waals surface area contributed by atoms with Crippen molar-refractivity contribution in [3.05, 3.63) is 10.9 Å². The molecule has 0 aromatic carbocycles.